The first kappa shape index (κ1) is 18.5. The SMILES string of the molecule is CCC[PH](C)(C)C.O=S(=O)(F)NS(=O)(=O)F. The molecule has 0 aromatic heterocycles. The first-order valence-electron chi connectivity index (χ1n) is 4.44. The van der Waals surface area contributed by atoms with Crippen LogP contribution in [-0.2, 0) is 20.8 Å². The minimum atomic E-state index is -5.49. The molecule has 0 aliphatic rings. The minimum absolute atomic E-state index is 0.0694. The molecule has 16 heavy (non-hydrogen) atoms. The van der Waals surface area contributed by atoms with E-state index in [4.69, 9.17) is 0 Å². The number of hydrogen-bond acceptors (Lipinski definition) is 4. The zero-order chi connectivity index (χ0) is 13.6. The van der Waals surface area contributed by atoms with Gasteiger partial charge in [0.15, 0.2) is 0 Å². The van der Waals surface area contributed by atoms with Crippen molar-refractivity contribution in [1.29, 1.82) is 0 Å². The van der Waals surface area contributed by atoms with Crippen molar-refractivity contribution in [3.05, 3.63) is 0 Å². The standard InChI is InChI=1S/C6H17P.F2HNO4S2/c1-5-6-7(2,3)4;1-8(4,5)3-9(2,6)7/h7H,5-6H2,1-4H3;3H. The second-order valence-electron chi connectivity index (χ2n) is 4.27. The van der Waals surface area contributed by atoms with Crippen molar-refractivity contribution >= 4 is 28.1 Å². The Morgan fingerprint density at radius 3 is 1.31 bits per heavy atom. The molecule has 1 N–H and O–H groups in total. The predicted molar refractivity (Wildman–Crippen MR) is 64.4 cm³/mol. The molecule has 102 valence electrons. The van der Waals surface area contributed by atoms with Crippen LogP contribution in [0.4, 0.5) is 7.77 Å². The van der Waals surface area contributed by atoms with E-state index in [1.54, 1.807) is 0 Å². The van der Waals surface area contributed by atoms with E-state index < -0.39 is 28.1 Å². The number of hydrogen-bond donors (Lipinski definition) is 1. The third-order valence-electron chi connectivity index (χ3n) is 1.20. The van der Waals surface area contributed by atoms with Gasteiger partial charge in [-0.05, 0) is 0 Å². The molecule has 0 aliphatic carbocycles. The van der Waals surface area contributed by atoms with Crippen LogP contribution in [0.25, 0.3) is 0 Å². The summed E-state index contributed by atoms with van der Waals surface area (Å²) in [7, 11) is -11.6. The normalized spacial score (nSPS) is 13.9. The quantitative estimate of drug-likeness (QED) is 0.621. The average Bonchev–Trinajstić information content (AvgIpc) is 1.73. The van der Waals surface area contributed by atoms with E-state index in [0.29, 0.717) is 0 Å². The van der Waals surface area contributed by atoms with Gasteiger partial charge in [0.05, 0.1) is 0 Å². The van der Waals surface area contributed by atoms with Gasteiger partial charge in [-0.25, -0.2) is 0 Å². The summed E-state index contributed by atoms with van der Waals surface area (Å²) in [6, 6.07) is 0. The summed E-state index contributed by atoms with van der Waals surface area (Å²) in [5, 5.41) is 0. The second-order valence-corrected chi connectivity index (χ2v) is 12.3. The Bertz CT molecular complexity index is 357. The third-order valence-corrected chi connectivity index (χ3v) is 4.79. The molecule has 0 fully saturated rings. The van der Waals surface area contributed by atoms with E-state index in [0.717, 1.165) is 0 Å². The van der Waals surface area contributed by atoms with Crippen LogP contribution in [-0.4, -0.2) is 43.0 Å². The van der Waals surface area contributed by atoms with Crippen LogP contribution < -0.4 is 4.13 Å². The first-order valence-corrected chi connectivity index (χ1v) is 10.9. The van der Waals surface area contributed by atoms with Crippen molar-refractivity contribution in [2.75, 3.05) is 26.2 Å². The fraction of sp³-hybridized carbons (Fsp3) is 1.00. The fourth-order valence-corrected chi connectivity index (χ4v) is 3.32. The van der Waals surface area contributed by atoms with E-state index in [9.17, 15) is 24.6 Å². The van der Waals surface area contributed by atoms with Crippen LogP contribution in [0.3, 0.4) is 0 Å². The van der Waals surface area contributed by atoms with Crippen molar-refractivity contribution < 1.29 is 24.6 Å². The monoisotopic (exact) mass is 301 g/mol. The number of rotatable bonds is 4. The average molecular weight is 301 g/mol. The van der Waals surface area contributed by atoms with Gasteiger partial charge in [-0.1, -0.05) is 11.9 Å². The molecule has 5 nitrogen and oxygen atoms in total. The van der Waals surface area contributed by atoms with E-state index in [2.05, 4.69) is 26.9 Å². The van der Waals surface area contributed by atoms with Gasteiger partial charge in [-0.3, -0.25) is 0 Å². The van der Waals surface area contributed by atoms with E-state index in [1.807, 2.05) is 0 Å². The molecule has 0 unspecified atom stereocenters. The molecule has 0 aromatic carbocycles. The maximum absolute atomic E-state index is 11.1. The van der Waals surface area contributed by atoms with E-state index in [-0.39, 0.29) is 4.13 Å². The summed E-state index contributed by atoms with van der Waals surface area (Å²) in [6.45, 7) is 9.50. The smallest absolute Gasteiger partial charge is 0.176 e. The van der Waals surface area contributed by atoms with Gasteiger partial charge in [0.25, 0.3) is 0 Å². The first-order chi connectivity index (χ1) is 6.77. The minimum Gasteiger partial charge on any atom is -0.176 e. The fourth-order valence-electron chi connectivity index (χ4n) is 0.869. The van der Waals surface area contributed by atoms with Crippen molar-refractivity contribution in [3.8, 4) is 0 Å². The molecular weight excluding hydrogens is 283 g/mol. The van der Waals surface area contributed by atoms with Crippen LogP contribution in [0.1, 0.15) is 13.3 Å². The Morgan fingerprint density at radius 1 is 1.00 bits per heavy atom. The van der Waals surface area contributed by atoms with Crippen LogP contribution in [0.15, 0.2) is 0 Å². The maximum atomic E-state index is 11.1. The van der Waals surface area contributed by atoms with Gasteiger partial charge in [0.2, 0.25) is 0 Å². The van der Waals surface area contributed by atoms with Crippen LogP contribution >= 0.6 is 7.26 Å². The molecule has 0 radical (unpaired) electrons. The van der Waals surface area contributed by atoms with Crippen molar-refractivity contribution in [3.63, 3.8) is 0 Å². The van der Waals surface area contributed by atoms with Crippen molar-refractivity contribution in [1.82, 2.24) is 4.13 Å². The van der Waals surface area contributed by atoms with E-state index in [1.165, 1.54) is 12.6 Å². The third kappa shape index (κ3) is 23.8. The Kier molecular flexibility index (Phi) is 7.85. The molecule has 0 aromatic rings. The molecule has 0 amide bonds. The molecular formula is C6H18F2NO4PS2. The molecule has 0 bridgehead atoms. The van der Waals surface area contributed by atoms with Gasteiger partial charge < -0.3 is 0 Å². The molecule has 0 atom stereocenters. The Hall–Kier alpha value is 0.150. The predicted octanol–water partition coefficient (Wildman–Crippen LogP) is 1.04. The number of nitrogens with one attached hydrogen (secondary N) is 1. The zero-order valence-corrected chi connectivity index (χ0v) is 12.3. The van der Waals surface area contributed by atoms with Crippen molar-refractivity contribution in [2.24, 2.45) is 0 Å². The Labute approximate surface area is 96.6 Å². The molecule has 0 saturated heterocycles. The van der Waals surface area contributed by atoms with Gasteiger partial charge in [-0.2, -0.15) is 16.8 Å². The molecule has 10 heteroatoms. The molecule has 0 rings (SSSR count). The van der Waals surface area contributed by atoms with Crippen molar-refractivity contribution in [2.45, 2.75) is 13.3 Å². The zero-order valence-electron chi connectivity index (χ0n) is 9.62. The summed E-state index contributed by atoms with van der Waals surface area (Å²) in [5.74, 6) is 0. The maximum Gasteiger partial charge on any atom is 0.387 e. The Morgan fingerprint density at radius 2 is 1.31 bits per heavy atom. The van der Waals surface area contributed by atoms with Crippen LogP contribution in [0.2, 0.25) is 0 Å². The molecule has 0 aliphatic heterocycles. The Balaban J connectivity index is 0. The van der Waals surface area contributed by atoms with Crippen LogP contribution in [0, 0.1) is 0 Å². The molecule has 0 heterocycles. The summed E-state index contributed by atoms with van der Waals surface area (Å²) >= 11 is 0. The van der Waals surface area contributed by atoms with E-state index >= 15 is 0 Å². The summed E-state index contributed by atoms with van der Waals surface area (Å²) in [6.07, 6.45) is 2.85. The largest absolute Gasteiger partial charge is 0.387 e. The summed E-state index contributed by atoms with van der Waals surface area (Å²) in [5.41, 5.74) is 0. The van der Waals surface area contributed by atoms with Gasteiger partial charge in [-0.15, -0.1) is 0 Å². The topological polar surface area (TPSA) is 80.3 Å². The van der Waals surface area contributed by atoms with Crippen LogP contribution in [0.5, 0.6) is 0 Å². The van der Waals surface area contributed by atoms with Gasteiger partial charge in [0, 0.05) is 0 Å². The summed E-state index contributed by atoms with van der Waals surface area (Å²) < 4.78 is 59.3. The number of halogens is 2. The van der Waals surface area contributed by atoms with Gasteiger partial charge >= 0.3 is 67.6 Å². The summed E-state index contributed by atoms with van der Waals surface area (Å²) in [4.78, 5) is 0. The van der Waals surface area contributed by atoms with Gasteiger partial charge in [0.1, 0.15) is 0 Å². The second kappa shape index (κ2) is 6.78. The molecule has 0 saturated carbocycles. The molecule has 0 spiro atoms.